The SMILES string of the molecule is CCOc1ccc(NC(=O)c2ccc(NC(=O)c3[nH]c4c(c3C)C(=O)CCC4)cc2)cc1. The van der Waals surface area contributed by atoms with Crippen LogP contribution in [0.5, 0.6) is 5.75 Å². The summed E-state index contributed by atoms with van der Waals surface area (Å²) in [5.74, 6) is 0.268. The maximum Gasteiger partial charge on any atom is 0.272 e. The van der Waals surface area contributed by atoms with E-state index in [9.17, 15) is 14.4 Å². The van der Waals surface area contributed by atoms with Gasteiger partial charge in [-0.05, 0) is 80.8 Å². The molecule has 0 atom stereocenters. The number of benzene rings is 2. The number of carbonyl (C=O) groups is 3. The molecule has 1 heterocycles. The van der Waals surface area contributed by atoms with Crippen LogP contribution in [0.1, 0.15) is 62.2 Å². The van der Waals surface area contributed by atoms with E-state index in [1.807, 2.05) is 6.92 Å². The molecule has 7 heteroatoms. The highest BCUT2D eigenvalue weighted by Gasteiger charge is 2.26. The van der Waals surface area contributed by atoms with Crippen LogP contribution in [-0.2, 0) is 6.42 Å². The van der Waals surface area contributed by atoms with Gasteiger partial charge in [-0.2, -0.15) is 0 Å². The number of hydrogen-bond acceptors (Lipinski definition) is 4. The summed E-state index contributed by atoms with van der Waals surface area (Å²) in [6.07, 6.45) is 2.09. The van der Waals surface area contributed by atoms with E-state index in [0.717, 1.165) is 24.3 Å². The van der Waals surface area contributed by atoms with Crippen LogP contribution in [0.15, 0.2) is 48.5 Å². The Morgan fingerprint density at radius 2 is 1.56 bits per heavy atom. The third-order valence-corrected chi connectivity index (χ3v) is 5.49. The van der Waals surface area contributed by atoms with Gasteiger partial charge in [-0.25, -0.2) is 0 Å². The molecule has 4 rings (SSSR count). The second-order valence-corrected chi connectivity index (χ2v) is 7.70. The second-order valence-electron chi connectivity index (χ2n) is 7.70. The molecule has 2 amide bonds. The van der Waals surface area contributed by atoms with Crippen LogP contribution in [0.3, 0.4) is 0 Å². The van der Waals surface area contributed by atoms with Gasteiger partial charge in [0.15, 0.2) is 5.78 Å². The minimum atomic E-state index is -0.309. The highest BCUT2D eigenvalue weighted by Crippen LogP contribution is 2.27. The number of amides is 2. The third kappa shape index (κ3) is 4.42. The molecule has 7 nitrogen and oxygen atoms in total. The Bertz CT molecular complexity index is 1160. The lowest BCUT2D eigenvalue weighted by molar-refractivity contribution is 0.0970. The number of aryl methyl sites for hydroxylation is 1. The minimum absolute atomic E-state index is 0.0851. The highest BCUT2D eigenvalue weighted by molar-refractivity contribution is 6.09. The van der Waals surface area contributed by atoms with Gasteiger partial charge in [-0.1, -0.05) is 0 Å². The topological polar surface area (TPSA) is 100 Å². The Hall–Kier alpha value is -3.87. The lowest BCUT2D eigenvalue weighted by atomic mass is 9.94. The molecule has 1 aliphatic carbocycles. The van der Waals surface area contributed by atoms with Crippen molar-refractivity contribution in [3.05, 3.63) is 76.6 Å². The van der Waals surface area contributed by atoms with E-state index in [2.05, 4.69) is 15.6 Å². The van der Waals surface area contributed by atoms with Crippen molar-refractivity contribution in [1.82, 2.24) is 4.98 Å². The average molecular weight is 431 g/mol. The summed E-state index contributed by atoms with van der Waals surface area (Å²) in [6, 6.07) is 13.8. The summed E-state index contributed by atoms with van der Waals surface area (Å²) < 4.78 is 5.40. The van der Waals surface area contributed by atoms with Gasteiger partial charge >= 0.3 is 0 Å². The Kier molecular flexibility index (Phi) is 6.07. The Morgan fingerprint density at radius 3 is 2.19 bits per heavy atom. The van der Waals surface area contributed by atoms with Gasteiger partial charge in [-0.3, -0.25) is 14.4 Å². The fraction of sp³-hybridized carbons (Fsp3) is 0.240. The molecule has 0 unspecified atom stereocenters. The molecule has 1 aromatic heterocycles. The lowest BCUT2D eigenvalue weighted by Gasteiger charge is -2.09. The summed E-state index contributed by atoms with van der Waals surface area (Å²) in [4.78, 5) is 40.5. The first-order chi connectivity index (χ1) is 15.5. The van der Waals surface area contributed by atoms with Crippen LogP contribution in [0.2, 0.25) is 0 Å². The van der Waals surface area contributed by atoms with Gasteiger partial charge in [0, 0.05) is 34.6 Å². The predicted octanol–water partition coefficient (Wildman–Crippen LogP) is 4.75. The number of hydrogen-bond donors (Lipinski definition) is 3. The molecule has 0 saturated carbocycles. The summed E-state index contributed by atoms with van der Waals surface area (Å²) in [5.41, 5.74) is 4.28. The van der Waals surface area contributed by atoms with Crippen molar-refractivity contribution in [2.24, 2.45) is 0 Å². The van der Waals surface area contributed by atoms with Gasteiger partial charge in [0.1, 0.15) is 11.4 Å². The number of anilines is 2. The smallest absolute Gasteiger partial charge is 0.272 e. The molecule has 2 aromatic carbocycles. The molecule has 0 aliphatic heterocycles. The van der Waals surface area contributed by atoms with Crippen molar-refractivity contribution >= 4 is 29.0 Å². The second kappa shape index (κ2) is 9.09. The Balaban J connectivity index is 1.41. The quantitative estimate of drug-likeness (QED) is 0.524. The third-order valence-electron chi connectivity index (χ3n) is 5.49. The maximum absolute atomic E-state index is 12.8. The molecule has 0 spiro atoms. The van der Waals surface area contributed by atoms with Crippen LogP contribution in [0, 0.1) is 6.92 Å². The molecule has 0 saturated heterocycles. The standard InChI is InChI=1S/C25H25N3O4/c1-3-32-19-13-11-18(12-14-19)26-24(30)16-7-9-17(10-8-16)27-25(31)23-15(2)22-20(28-23)5-4-6-21(22)29/h7-14,28H,3-6H2,1-2H3,(H,26,30)(H,27,31). The number of ether oxygens (including phenoxy) is 1. The van der Waals surface area contributed by atoms with E-state index in [0.29, 0.717) is 46.8 Å². The number of ketones is 1. The van der Waals surface area contributed by atoms with Crippen molar-refractivity contribution in [2.75, 3.05) is 17.2 Å². The molecule has 0 fully saturated rings. The molecular formula is C25H25N3O4. The van der Waals surface area contributed by atoms with Gasteiger partial charge in [0.2, 0.25) is 0 Å². The highest BCUT2D eigenvalue weighted by atomic mass is 16.5. The monoisotopic (exact) mass is 431 g/mol. The van der Waals surface area contributed by atoms with Crippen LogP contribution in [0.25, 0.3) is 0 Å². The first kappa shape index (κ1) is 21.4. The summed E-state index contributed by atoms with van der Waals surface area (Å²) in [7, 11) is 0. The first-order valence-electron chi connectivity index (χ1n) is 10.7. The average Bonchev–Trinajstić information content (AvgIpc) is 3.13. The molecular weight excluding hydrogens is 406 g/mol. The van der Waals surface area contributed by atoms with Crippen molar-refractivity contribution in [1.29, 1.82) is 0 Å². The molecule has 32 heavy (non-hydrogen) atoms. The van der Waals surface area contributed by atoms with Gasteiger partial charge in [0.05, 0.1) is 6.61 Å². The lowest BCUT2D eigenvalue weighted by Crippen LogP contribution is -2.15. The number of rotatable bonds is 6. The summed E-state index contributed by atoms with van der Waals surface area (Å²) in [6.45, 7) is 4.29. The van der Waals surface area contributed by atoms with E-state index in [1.54, 1.807) is 55.5 Å². The van der Waals surface area contributed by atoms with E-state index in [1.165, 1.54) is 0 Å². The zero-order valence-corrected chi connectivity index (χ0v) is 18.1. The van der Waals surface area contributed by atoms with Crippen LogP contribution >= 0.6 is 0 Å². The zero-order chi connectivity index (χ0) is 22.7. The molecule has 3 N–H and O–H groups in total. The van der Waals surface area contributed by atoms with Crippen molar-refractivity contribution in [3.8, 4) is 5.75 Å². The molecule has 1 aliphatic rings. The fourth-order valence-electron chi connectivity index (χ4n) is 3.90. The van der Waals surface area contributed by atoms with Crippen LogP contribution < -0.4 is 15.4 Å². The van der Waals surface area contributed by atoms with Gasteiger partial charge in [-0.15, -0.1) is 0 Å². The maximum atomic E-state index is 12.8. The number of fused-ring (bicyclic) bond motifs is 1. The minimum Gasteiger partial charge on any atom is -0.494 e. The summed E-state index contributed by atoms with van der Waals surface area (Å²) >= 11 is 0. The molecule has 3 aromatic rings. The van der Waals surface area contributed by atoms with Crippen molar-refractivity contribution < 1.29 is 19.1 Å². The number of aromatic nitrogens is 1. The number of carbonyl (C=O) groups excluding carboxylic acids is 3. The zero-order valence-electron chi connectivity index (χ0n) is 18.1. The van der Waals surface area contributed by atoms with Crippen LogP contribution in [0.4, 0.5) is 11.4 Å². The van der Waals surface area contributed by atoms with Crippen molar-refractivity contribution in [3.63, 3.8) is 0 Å². The Morgan fingerprint density at radius 1 is 0.938 bits per heavy atom. The number of nitrogens with one attached hydrogen (secondary N) is 3. The van der Waals surface area contributed by atoms with E-state index in [-0.39, 0.29) is 17.6 Å². The summed E-state index contributed by atoms with van der Waals surface area (Å²) in [5, 5.41) is 5.66. The normalized spacial score (nSPS) is 12.8. The van der Waals surface area contributed by atoms with E-state index < -0.39 is 0 Å². The predicted molar refractivity (Wildman–Crippen MR) is 123 cm³/mol. The first-order valence-corrected chi connectivity index (χ1v) is 10.7. The Labute approximate surface area is 186 Å². The fourth-order valence-corrected chi connectivity index (χ4v) is 3.90. The molecule has 0 bridgehead atoms. The van der Waals surface area contributed by atoms with Gasteiger partial charge in [0.25, 0.3) is 11.8 Å². The van der Waals surface area contributed by atoms with E-state index >= 15 is 0 Å². The van der Waals surface area contributed by atoms with E-state index in [4.69, 9.17) is 4.74 Å². The van der Waals surface area contributed by atoms with Gasteiger partial charge < -0.3 is 20.4 Å². The molecule has 0 radical (unpaired) electrons. The number of aromatic amines is 1. The van der Waals surface area contributed by atoms with Crippen molar-refractivity contribution in [2.45, 2.75) is 33.1 Å². The largest absolute Gasteiger partial charge is 0.494 e. The molecule has 164 valence electrons. The number of H-pyrrole nitrogens is 1. The van der Waals surface area contributed by atoms with Crippen LogP contribution in [-0.4, -0.2) is 29.2 Å². The number of Topliss-reactive ketones (excluding diaryl/α,β-unsaturated/α-hetero) is 1.